The summed E-state index contributed by atoms with van der Waals surface area (Å²) in [5.74, 6) is -0.111. The van der Waals surface area contributed by atoms with Crippen LogP contribution < -0.4 is 0 Å². The molecule has 0 N–H and O–H groups in total. The Balaban J connectivity index is 2.07. The largest absolute Gasteiger partial charge is 0.468 e. The number of hydrogen-bond acceptors (Lipinski definition) is 5. The highest BCUT2D eigenvalue weighted by Crippen LogP contribution is 2.23. The van der Waals surface area contributed by atoms with E-state index in [0.29, 0.717) is 0 Å². The van der Waals surface area contributed by atoms with Crippen LogP contribution in [0.4, 0.5) is 0 Å². The zero-order chi connectivity index (χ0) is 13.1. The number of carbonyl (C=O) groups is 1. The number of carbonyl (C=O) groups excluding carboxylic acids is 1. The van der Waals surface area contributed by atoms with E-state index in [1.165, 1.54) is 12.0 Å². The minimum Gasteiger partial charge on any atom is -0.468 e. The summed E-state index contributed by atoms with van der Waals surface area (Å²) in [5.41, 5.74) is 1.10. The summed E-state index contributed by atoms with van der Waals surface area (Å²) in [5, 5.41) is 1.10. The highest BCUT2D eigenvalue weighted by atomic mass is 32.1. The van der Waals surface area contributed by atoms with Crippen LogP contribution in [0.3, 0.4) is 0 Å². The summed E-state index contributed by atoms with van der Waals surface area (Å²) < 4.78 is 4.89. The van der Waals surface area contributed by atoms with Gasteiger partial charge in [-0.25, -0.2) is 4.98 Å². The molecule has 1 saturated heterocycles. The molecule has 2 heterocycles. The molecule has 2 rings (SSSR count). The molecule has 1 aromatic heterocycles. The number of ether oxygens (including phenoxy) is 1. The van der Waals surface area contributed by atoms with Gasteiger partial charge in [-0.1, -0.05) is 6.42 Å². The zero-order valence-corrected chi connectivity index (χ0v) is 12.0. The molecule has 1 aromatic rings. The summed E-state index contributed by atoms with van der Waals surface area (Å²) >= 11 is 1.72. The van der Waals surface area contributed by atoms with Gasteiger partial charge < -0.3 is 4.74 Å². The van der Waals surface area contributed by atoms with E-state index in [4.69, 9.17) is 4.74 Å². The third-order valence-corrected chi connectivity index (χ3v) is 4.56. The molecule has 0 spiro atoms. The molecular formula is C13H20N2O2S. The Morgan fingerprint density at radius 3 is 2.89 bits per heavy atom. The Hall–Kier alpha value is -0.940. The average molecular weight is 268 g/mol. The maximum absolute atomic E-state index is 11.8. The summed E-state index contributed by atoms with van der Waals surface area (Å²) in [7, 11) is 1.47. The molecule has 0 aliphatic carbocycles. The molecule has 5 heteroatoms. The van der Waals surface area contributed by atoms with Gasteiger partial charge in [0.25, 0.3) is 0 Å². The average Bonchev–Trinajstić information content (AvgIpc) is 2.68. The van der Waals surface area contributed by atoms with Gasteiger partial charge in [0, 0.05) is 4.88 Å². The zero-order valence-electron chi connectivity index (χ0n) is 11.2. The first-order chi connectivity index (χ1) is 8.61. The molecule has 0 amide bonds. The van der Waals surface area contributed by atoms with E-state index in [-0.39, 0.29) is 12.0 Å². The van der Waals surface area contributed by atoms with Crippen molar-refractivity contribution in [2.24, 2.45) is 0 Å². The maximum Gasteiger partial charge on any atom is 0.323 e. The topological polar surface area (TPSA) is 42.4 Å². The van der Waals surface area contributed by atoms with Crippen LogP contribution in [0, 0.1) is 13.8 Å². The maximum atomic E-state index is 11.8. The van der Waals surface area contributed by atoms with Gasteiger partial charge in [-0.15, -0.1) is 11.3 Å². The highest BCUT2D eigenvalue weighted by Gasteiger charge is 2.29. The first-order valence-electron chi connectivity index (χ1n) is 6.36. The molecule has 4 nitrogen and oxygen atoms in total. The molecular weight excluding hydrogens is 248 g/mol. The van der Waals surface area contributed by atoms with Crippen molar-refractivity contribution in [2.75, 3.05) is 13.7 Å². The Morgan fingerprint density at radius 2 is 2.28 bits per heavy atom. The van der Waals surface area contributed by atoms with E-state index < -0.39 is 0 Å². The van der Waals surface area contributed by atoms with Gasteiger partial charge in [0.15, 0.2) is 0 Å². The Labute approximate surface area is 112 Å². The van der Waals surface area contributed by atoms with E-state index >= 15 is 0 Å². The summed E-state index contributed by atoms with van der Waals surface area (Å²) in [6.07, 6.45) is 3.15. The van der Waals surface area contributed by atoms with Crippen LogP contribution in [-0.4, -0.2) is 35.5 Å². The summed E-state index contributed by atoms with van der Waals surface area (Å²) in [4.78, 5) is 19.8. The molecule has 1 aliphatic heterocycles. The number of aryl methyl sites for hydroxylation is 2. The molecule has 18 heavy (non-hydrogen) atoms. The predicted octanol–water partition coefficient (Wildman–Crippen LogP) is 2.29. The number of rotatable bonds is 3. The van der Waals surface area contributed by atoms with Crippen LogP contribution in [0.1, 0.15) is 34.8 Å². The van der Waals surface area contributed by atoms with Crippen molar-refractivity contribution in [1.82, 2.24) is 9.88 Å². The molecule has 1 atom stereocenters. The number of methoxy groups -OCH3 is 1. The summed E-state index contributed by atoms with van der Waals surface area (Å²) in [6, 6.07) is -0.0896. The van der Waals surface area contributed by atoms with E-state index in [9.17, 15) is 4.79 Å². The Kier molecular flexibility index (Phi) is 4.35. The van der Waals surface area contributed by atoms with Crippen molar-refractivity contribution in [3.8, 4) is 0 Å². The highest BCUT2D eigenvalue weighted by molar-refractivity contribution is 7.11. The smallest absolute Gasteiger partial charge is 0.323 e. The van der Waals surface area contributed by atoms with E-state index in [2.05, 4.69) is 16.8 Å². The lowest BCUT2D eigenvalue weighted by Crippen LogP contribution is -2.44. The monoisotopic (exact) mass is 268 g/mol. The van der Waals surface area contributed by atoms with Gasteiger partial charge in [-0.2, -0.15) is 0 Å². The number of nitrogens with zero attached hydrogens (tertiary/aromatic N) is 2. The minimum absolute atomic E-state index is 0.0896. The molecule has 1 fully saturated rings. The Bertz CT molecular complexity index is 411. The fourth-order valence-corrected chi connectivity index (χ4v) is 3.32. The number of thiazole rings is 1. The van der Waals surface area contributed by atoms with Gasteiger partial charge >= 0.3 is 5.97 Å². The third-order valence-electron chi connectivity index (χ3n) is 3.50. The fraction of sp³-hybridized carbons (Fsp3) is 0.692. The van der Waals surface area contributed by atoms with Crippen molar-refractivity contribution >= 4 is 17.3 Å². The van der Waals surface area contributed by atoms with E-state index in [1.807, 2.05) is 6.92 Å². The molecule has 0 unspecified atom stereocenters. The second kappa shape index (κ2) is 5.80. The van der Waals surface area contributed by atoms with E-state index in [1.54, 1.807) is 11.3 Å². The quantitative estimate of drug-likeness (QED) is 0.789. The van der Waals surface area contributed by atoms with Crippen molar-refractivity contribution < 1.29 is 9.53 Å². The predicted molar refractivity (Wildman–Crippen MR) is 71.7 cm³/mol. The van der Waals surface area contributed by atoms with Gasteiger partial charge in [-0.05, 0) is 33.2 Å². The van der Waals surface area contributed by atoms with Gasteiger partial charge in [0.1, 0.15) is 11.0 Å². The van der Waals surface area contributed by atoms with Gasteiger partial charge in [0.2, 0.25) is 0 Å². The van der Waals surface area contributed by atoms with Crippen molar-refractivity contribution in [3.05, 3.63) is 15.6 Å². The summed E-state index contributed by atoms with van der Waals surface area (Å²) in [6.45, 7) is 5.84. The second-order valence-corrected chi connectivity index (χ2v) is 6.04. The molecule has 1 aliphatic rings. The van der Waals surface area contributed by atoms with Crippen molar-refractivity contribution in [1.29, 1.82) is 0 Å². The number of likely N-dealkylation sites (tertiary alicyclic amines) is 1. The van der Waals surface area contributed by atoms with Crippen LogP contribution in [0.5, 0.6) is 0 Å². The van der Waals surface area contributed by atoms with E-state index in [0.717, 1.165) is 43.1 Å². The third kappa shape index (κ3) is 2.90. The standard InChI is InChI=1S/C13H20N2O2S/c1-9-10(2)18-12(14-9)8-15-7-5-4-6-11(15)13(16)17-3/h11H,4-8H2,1-3H3/t11-/m1/s1. The van der Waals surface area contributed by atoms with Crippen LogP contribution in [0.2, 0.25) is 0 Å². The van der Waals surface area contributed by atoms with Crippen LogP contribution in [-0.2, 0) is 16.1 Å². The molecule has 0 saturated carbocycles. The van der Waals surface area contributed by atoms with Crippen LogP contribution in [0.25, 0.3) is 0 Å². The fourth-order valence-electron chi connectivity index (χ4n) is 2.36. The molecule has 0 aromatic carbocycles. The van der Waals surface area contributed by atoms with Crippen molar-refractivity contribution in [2.45, 2.75) is 45.7 Å². The molecule has 100 valence electrons. The Morgan fingerprint density at radius 1 is 1.50 bits per heavy atom. The number of esters is 1. The van der Waals surface area contributed by atoms with Crippen molar-refractivity contribution in [3.63, 3.8) is 0 Å². The first kappa shape index (κ1) is 13.5. The lowest BCUT2D eigenvalue weighted by Gasteiger charge is -2.32. The molecule has 0 radical (unpaired) electrons. The van der Waals surface area contributed by atoms with Gasteiger partial charge in [-0.3, -0.25) is 9.69 Å². The van der Waals surface area contributed by atoms with Crippen LogP contribution >= 0.6 is 11.3 Å². The second-order valence-electron chi connectivity index (χ2n) is 4.75. The lowest BCUT2D eigenvalue weighted by molar-refractivity contribution is -0.148. The lowest BCUT2D eigenvalue weighted by atomic mass is 10.0. The first-order valence-corrected chi connectivity index (χ1v) is 7.18. The molecule has 0 bridgehead atoms. The normalized spacial score (nSPS) is 20.9. The minimum atomic E-state index is -0.111. The van der Waals surface area contributed by atoms with Gasteiger partial charge in [0.05, 0.1) is 19.3 Å². The number of piperidine rings is 1. The number of hydrogen-bond donors (Lipinski definition) is 0. The van der Waals surface area contributed by atoms with Crippen LogP contribution in [0.15, 0.2) is 0 Å². The SMILES string of the molecule is COC(=O)[C@H]1CCCCN1Cc1nc(C)c(C)s1. The number of aromatic nitrogens is 1.